The van der Waals surface area contributed by atoms with Crippen LogP contribution in [-0.2, 0) is 4.74 Å². The predicted molar refractivity (Wildman–Crippen MR) is 67.2 cm³/mol. The van der Waals surface area contributed by atoms with Crippen molar-refractivity contribution in [2.24, 2.45) is 5.41 Å². The van der Waals surface area contributed by atoms with E-state index < -0.39 is 0 Å². The topological polar surface area (TPSA) is 12.5 Å². The molecule has 0 amide bonds. The summed E-state index contributed by atoms with van der Waals surface area (Å²) in [5.74, 6) is 0. The van der Waals surface area contributed by atoms with Crippen LogP contribution in [0.2, 0.25) is 0 Å². The summed E-state index contributed by atoms with van der Waals surface area (Å²) < 4.78 is 5.42. The summed E-state index contributed by atoms with van der Waals surface area (Å²) in [4.78, 5) is 2.49. The van der Waals surface area contributed by atoms with Gasteiger partial charge in [0, 0.05) is 24.2 Å². The monoisotopic (exact) mass is 221 g/mol. The number of rotatable bonds is 2. The van der Waals surface area contributed by atoms with Gasteiger partial charge in [0.25, 0.3) is 0 Å². The second-order valence-corrected chi connectivity index (χ2v) is 5.27. The van der Waals surface area contributed by atoms with Crippen molar-refractivity contribution in [3.63, 3.8) is 0 Å². The van der Waals surface area contributed by atoms with Crippen molar-refractivity contribution in [1.82, 2.24) is 4.90 Å². The number of ether oxygens (including phenoxy) is 1. The molecule has 0 aromatic rings. The van der Waals surface area contributed by atoms with Crippen LogP contribution in [0, 0.1) is 5.41 Å². The van der Waals surface area contributed by atoms with E-state index in [1.807, 2.05) is 0 Å². The second kappa shape index (κ2) is 4.25. The van der Waals surface area contributed by atoms with Crippen LogP contribution in [0.5, 0.6) is 0 Å². The normalized spacial score (nSPS) is 25.0. The molecule has 0 saturated carbocycles. The first kappa shape index (κ1) is 11.7. The van der Waals surface area contributed by atoms with E-state index in [9.17, 15) is 0 Å². The highest BCUT2D eigenvalue weighted by atomic mass is 16.5. The third-order valence-electron chi connectivity index (χ3n) is 4.11. The van der Waals surface area contributed by atoms with E-state index >= 15 is 0 Å². The Morgan fingerprint density at radius 1 is 1.31 bits per heavy atom. The fourth-order valence-electron chi connectivity index (χ4n) is 2.74. The van der Waals surface area contributed by atoms with Gasteiger partial charge >= 0.3 is 0 Å². The number of allylic oxidation sites excluding steroid dienone is 3. The van der Waals surface area contributed by atoms with Crippen molar-refractivity contribution >= 4 is 0 Å². The number of nitrogens with zero attached hydrogens (tertiary/aromatic N) is 1. The largest absolute Gasteiger partial charge is 0.378 e. The molecule has 2 rings (SSSR count). The van der Waals surface area contributed by atoms with Crippen LogP contribution in [-0.4, -0.2) is 31.2 Å². The van der Waals surface area contributed by atoms with E-state index in [2.05, 4.69) is 38.7 Å². The van der Waals surface area contributed by atoms with E-state index in [0.29, 0.717) is 0 Å². The minimum absolute atomic E-state index is 0.252. The van der Waals surface area contributed by atoms with Crippen molar-refractivity contribution in [1.29, 1.82) is 0 Å². The Morgan fingerprint density at radius 3 is 2.50 bits per heavy atom. The van der Waals surface area contributed by atoms with Crippen LogP contribution in [0.1, 0.15) is 34.1 Å². The third-order valence-corrected chi connectivity index (χ3v) is 4.11. The lowest BCUT2D eigenvalue weighted by atomic mass is 9.80. The van der Waals surface area contributed by atoms with Crippen LogP contribution >= 0.6 is 0 Å². The molecule has 0 spiro atoms. The molecule has 90 valence electrons. The van der Waals surface area contributed by atoms with E-state index in [0.717, 1.165) is 32.7 Å². The van der Waals surface area contributed by atoms with Crippen molar-refractivity contribution in [3.8, 4) is 0 Å². The summed E-state index contributed by atoms with van der Waals surface area (Å²) in [6, 6.07) is 0. The molecular formula is C14H23NO. The molecule has 0 aromatic carbocycles. The van der Waals surface area contributed by atoms with Crippen LogP contribution in [0.25, 0.3) is 0 Å². The first-order chi connectivity index (χ1) is 7.57. The van der Waals surface area contributed by atoms with E-state index in [1.165, 1.54) is 11.3 Å². The predicted octanol–water partition coefficient (Wildman–Crippen LogP) is 2.97. The molecule has 2 heteroatoms. The number of morpholine rings is 1. The maximum Gasteiger partial charge on any atom is 0.0642 e. The van der Waals surface area contributed by atoms with Gasteiger partial charge in [-0.1, -0.05) is 26.3 Å². The van der Waals surface area contributed by atoms with Gasteiger partial charge in [-0.25, -0.2) is 0 Å². The Kier molecular flexibility index (Phi) is 3.11. The fraction of sp³-hybridized carbons (Fsp3) is 0.714. The Bertz CT molecular complexity index is 333. The molecule has 1 heterocycles. The molecule has 0 N–H and O–H groups in total. The quantitative estimate of drug-likeness (QED) is 0.711. The molecular weight excluding hydrogens is 198 g/mol. The van der Waals surface area contributed by atoms with E-state index in [-0.39, 0.29) is 5.41 Å². The van der Waals surface area contributed by atoms with Crippen molar-refractivity contribution in [2.45, 2.75) is 34.1 Å². The second-order valence-electron chi connectivity index (χ2n) is 5.27. The average Bonchev–Trinajstić information content (AvgIpc) is 2.51. The lowest BCUT2D eigenvalue weighted by Gasteiger charge is -2.32. The van der Waals surface area contributed by atoms with Crippen LogP contribution in [0.3, 0.4) is 0 Å². The summed E-state index contributed by atoms with van der Waals surface area (Å²) in [5.41, 5.74) is 4.80. The molecule has 1 fully saturated rings. The smallest absolute Gasteiger partial charge is 0.0642 e. The third kappa shape index (κ3) is 1.80. The maximum absolute atomic E-state index is 5.42. The molecule has 1 aliphatic heterocycles. The van der Waals surface area contributed by atoms with Crippen molar-refractivity contribution in [3.05, 3.63) is 22.9 Å². The lowest BCUT2D eigenvalue weighted by Crippen LogP contribution is -2.35. The van der Waals surface area contributed by atoms with Gasteiger partial charge in [0.1, 0.15) is 0 Å². The van der Waals surface area contributed by atoms with Gasteiger partial charge in [0.2, 0.25) is 0 Å². The SMILES string of the molecule is CCC1=C(N2CCOCC2)C=C(C)C1(C)C. The minimum Gasteiger partial charge on any atom is -0.378 e. The molecule has 0 atom stereocenters. The lowest BCUT2D eigenvalue weighted by molar-refractivity contribution is 0.0548. The zero-order chi connectivity index (χ0) is 11.8. The summed E-state index contributed by atoms with van der Waals surface area (Å²) in [6.07, 6.45) is 3.53. The highest BCUT2D eigenvalue weighted by molar-refractivity contribution is 5.44. The Balaban J connectivity index is 2.30. The standard InChI is InChI=1S/C14H23NO/c1-5-12-13(10-11(2)14(12,3)4)15-6-8-16-9-7-15/h10H,5-9H2,1-4H3. The molecule has 1 saturated heterocycles. The van der Waals surface area contributed by atoms with Gasteiger partial charge in [-0.15, -0.1) is 0 Å². The van der Waals surface area contributed by atoms with Gasteiger partial charge in [0.15, 0.2) is 0 Å². The first-order valence-electron chi connectivity index (χ1n) is 6.32. The van der Waals surface area contributed by atoms with Gasteiger partial charge < -0.3 is 9.64 Å². The molecule has 0 bridgehead atoms. The van der Waals surface area contributed by atoms with Gasteiger partial charge in [-0.2, -0.15) is 0 Å². The van der Waals surface area contributed by atoms with Crippen LogP contribution in [0.4, 0.5) is 0 Å². The summed E-state index contributed by atoms with van der Waals surface area (Å²) in [5, 5.41) is 0. The summed E-state index contributed by atoms with van der Waals surface area (Å²) >= 11 is 0. The Morgan fingerprint density at radius 2 is 1.94 bits per heavy atom. The van der Waals surface area contributed by atoms with Crippen LogP contribution in [0.15, 0.2) is 22.9 Å². The highest BCUT2D eigenvalue weighted by Gasteiger charge is 2.33. The summed E-state index contributed by atoms with van der Waals surface area (Å²) in [6.45, 7) is 13.0. The molecule has 0 aromatic heterocycles. The molecule has 1 aliphatic carbocycles. The zero-order valence-electron chi connectivity index (χ0n) is 11.0. The molecule has 0 unspecified atom stereocenters. The minimum atomic E-state index is 0.252. The average molecular weight is 221 g/mol. The van der Waals surface area contributed by atoms with E-state index in [4.69, 9.17) is 4.74 Å². The fourth-order valence-corrected chi connectivity index (χ4v) is 2.74. The first-order valence-corrected chi connectivity index (χ1v) is 6.32. The Hall–Kier alpha value is -0.760. The van der Waals surface area contributed by atoms with Crippen molar-refractivity contribution < 1.29 is 4.74 Å². The Labute approximate surface area is 99.0 Å². The maximum atomic E-state index is 5.42. The zero-order valence-corrected chi connectivity index (χ0v) is 11.0. The highest BCUT2D eigenvalue weighted by Crippen LogP contribution is 2.44. The molecule has 16 heavy (non-hydrogen) atoms. The van der Waals surface area contributed by atoms with Crippen molar-refractivity contribution in [2.75, 3.05) is 26.3 Å². The van der Waals surface area contributed by atoms with Gasteiger partial charge in [0.05, 0.1) is 13.2 Å². The van der Waals surface area contributed by atoms with Gasteiger partial charge in [-0.05, 0) is 25.0 Å². The van der Waals surface area contributed by atoms with E-state index in [1.54, 1.807) is 5.57 Å². The number of hydrogen-bond donors (Lipinski definition) is 0. The summed E-state index contributed by atoms with van der Waals surface area (Å²) in [7, 11) is 0. The van der Waals surface area contributed by atoms with Crippen LogP contribution < -0.4 is 0 Å². The number of hydrogen-bond acceptors (Lipinski definition) is 2. The molecule has 0 radical (unpaired) electrons. The van der Waals surface area contributed by atoms with Gasteiger partial charge in [-0.3, -0.25) is 0 Å². The molecule has 2 aliphatic rings. The molecule has 2 nitrogen and oxygen atoms in total.